The van der Waals surface area contributed by atoms with Gasteiger partial charge in [-0.3, -0.25) is 0 Å². The van der Waals surface area contributed by atoms with E-state index in [1.165, 1.54) is 38.5 Å². The number of hydrogen-bond donors (Lipinski definition) is 2. The first-order valence-electron chi connectivity index (χ1n) is 8.67. The van der Waals surface area contributed by atoms with Crippen molar-refractivity contribution in [2.45, 2.75) is 70.4 Å². The lowest BCUT2D eigenvalue weighted by Gasteiger charge is -2.57. The van der Waals surface area contributed by atoms with Gasteiger partial charge in [-0.1, -0.05) is 0 Å². The lowest BCUT2D eigenvalue weighted by Crippen LogP contribution is -2.64. The molecule has 0 heterocycles. The Morgan fingerprint density at radius 2 is 1.67 bits per heavy atom. The molecule has 0 aromatic heterocycles. The monoisotopic (exact) mass is 293 g/mol. The number of nitrogens with two attached hydrogens (primary N) is 1. The third kappa shape index (κ3) is 2.67. The van der Waals surface area contributed by atoms with Crippen LogP contribution in [0.15, 0.2) is 0 Å². The van der Waals surface area contributed by atoms with Gasteiger partial charge in [-0.05, 0) is 77.0 Å². The number of nitrogens with one attached hydrogen (secondary N) is 1. The van der Waals surface area contributed by atoms with E-state index < -0.39 is 0 Å². The summed E-state index contributed by atoms with van der Waals surface area (Å²) in [7, 11) is 0. The molecule has 4 nitrogen and oxygen atoms in total. The van der Waals surface area contributed by atoms with Crippen molar-refractivity contribution in [3.05, 3.63) is 0 Å². The minimum atomic E-state index is -0.277. The first kappa shape index (κ1) is 15.1. The number of hydrogen-bond acceptors (Lipinski definition) is 2. The highest BCUT2D eigenvalue weighted by Crippen LogP contribution is 2.55. The maximum Gasteiger partial charge on any atom is 0.318 e. The van der Waals surface area contributed by atoms with Gasteiger partial charge < -0.3 is 16.0 Å². The topological polar surface area (TPSA) is 58.4 Å². The van der Waals surface area contributed by atoms with Gasteiger partial charge in [0.05, 0.1) is 5.54 Å². The van der Waals surface area contributed by atoms with Crippen LogP contribution < -0.4 is 11.1 Å². The normalized spacial score (nSPS) is 37.6. The number of nitrogens with zero attached hydrogens (tertiary/aromatic N) is 1. The standard InChI is InChI=1S/C17H31N3O/c1-4-20(16(2,3)11-18)15(21)19-17-8-12-5-13(9-17)7-14(6-12)10-17/h12-14H,4-11,18H2,1-3H3,(H,19,21). The fourth-order valence-corrected chi connectivity index (χ4v) is 5.51. The summed E-state index contributed by atoms with van der Waals surface area (Å²) in [4.78, 5) is 14.7. The number of carbonyl (C=O) groups is 1. The van der Waals surface area contributed by atoms with Crippen LogP contribution >= 0.6 is 0 Å². The molecular weight excluding hydrogens is 262 g/mol. The molecule has 3 N–H and O–H groups in total. The first-order chi connectivity index (χ1) is 9.87. The summed E-state index contributed by atoms with van der Waals surface area (Å²) in [6.07, 6.45) is 7.81. The SMILES string of the molecule is CCN(C(=O)NC12CC3CC(CC(C3)C1)C2)C(C)(C)CN. The zero-order chi connectivity index (χ0) is 15.3. The fraction of sp³-hybridized carbons (Fsp3) is 0.941. The predicted octanol–water partition coefficient (Wildman–Crippen LogP) is 2.72. The second-order valence-electron chi connectivity index (χ2n) is 8.39. The molecule has 0 saturated heterocycles. The maximum atomic E-state index is 12.8. The highest BCUT2D eigenvalue weighted by atomic mass is 16.2. The molecule has 0 aliphatic heterocycles. The number of rotatable bonds is 4. The number of amides is 2. The Morgan fingerprint density at radius 3 is 2.05 bits per heavy atom. The Balaban J connectivity index is 1.72. The van der Waals surface area contributed by atoms with Crippen LogP contribution in [0.2, 0.25) is 0 Å². The molecular formula is C17H31N3O. The predicted molar refractivity (Wildman–Crippen MR) is 84.9 cm³/mol. The van der Waals surface area contributed by atoms with E-state index in [9.17, 15) is 4.79 Å². The van der Waals surface area contributed by atoms with Gasteiger partial charge in [0.25, 0.3) is 0 Å². The molecule has 21 heavy (non-hydrogen) atoms. The van der Waals surface area contributed by atoms with Crippen LogP contribution in [0.1, 0.15) is 59.3 Å². The van der Waals surface area contributed by atoms with Crippen LogP contribution in [0.5, 0.6) is 0 Å². The molecule has 120 valence electrons. The molecule has 0 radical (unpaired) electrons. The van der Waals surface area contributed by atoms with E-state index in [-0.39, 0.29) is 17.1 Å². The lowest BCUT2D eigenvalue weighted by atomic mass is 9.53. The largest absolute Gasteiger partial charge is 0.333 e. The van der Waals surface area contributed by atoms with E-state index in [4.69, 9.17) is 5.73 Å². The molecule has 4 fully saturated rings. The first-order valence-corrected chi connectivity index (χ1v) is 8.67. The molecule has 0 aromatic rings. The van der Waals surface area contributed by atoms with E-state index in [0.29, 0.717) is 13.1 Å². The average molecular weight is 293 g/mol. The molecule has 4 aliphatic carbocycles. The minimum Gasteiger partial charge on any atom is -0.333 e. The van der Waals surface area contributed by atoms with E-state index in [0.717, 1.165) is 17.8 Å². The molecule has 4 bridgehead atoms. The van der Waals surface area contributed by atoms with Gasteiger partial charge >= 0.3 is 6.03 Å². The van der Waals surface area contributed by atoms with Crippen molar-refractivity contribution in [3.63, 3.8) is 0 Å². The summed E-state index contributed by atoms with van der Waals surface area (Å²) < 4.78 is 0. The summed E-state index contributed by atoms with van der Waals surface area (Å²) in [6.45, 7) is 7.35. The van der Waals surface area contributed by atoms with Crippen LogP contribution in [0.25, 0.3) is 0 Å². The quantitative estimate of drug-likeness (QED) is 0.837. The van der Waals surface area contributed by atoms with Crippen LogP contribution in [-0.4, -0.2) is 35.1 Å². The summed E-state index contributed by atoms with van der Waals surface area (Å²) in [6, 6.07) is 0.0925. The Labute approximate surface area is 128 Å². The van der Waals surface area contributed by atoms with Crippen molar-refractivity contribution in [2.24, 2.45) is 23.5 Å². The van der Waals surface area contributed by atoms with Gasteiger partial charge in [0.1, 0.15) is 0 Å². The maximum absolute atomic E-state index is 12.8. The van der Waals surface area contributed by atoms with E-state index >= 15 is 0 Å². The van der Waals surface area contributed by atoms with Crippen LogP contribution in [0, 0.1) is 17.8 Å². The van der Waals surface area contributed by atoms with Crippen molar-refractivity contribution < 1.29 is 4.79 Å². The molecule has 0 aromatic carbocycles. The molecule has 0 spiro atoms. The lowest BCUT2D eigenvalue weighted by molar-refractivity contribution is -0.0173. The number of urea groups is 1. The Kier molecular flexibility index (Phi) is 3.71. The zero-order valence-corrected chi connectivity index (χ0v) is 13.8. The molecule has 4 saturated carbocycles. The van der Waals surface area contributed by atoms with Gasteiger partial charge in [0.2, 0.25) is 0 Å². The van der Waals surface area contributed by atoms with Gasteiger partial charge in [0.15, 0.2) is 0 Å². The molecule has 4 heteroatoms. The highest BCUT2D eigenvalue weighted by Gasteiger charge is 2.52. The van der Waals surface area contributed by atoms with Crippen molar-refractivity contribution in [3.8, 4) is 0 Å². The third-order valence-corrected chi connectivity index (χ3v) is 6.20. The van der Waals surface area contributed by atoms with Gasteiger partial charge in [-0.15, -0.1) is 0 Å². The smallest absolute Gasteiger partial charge is 0.318 e. The second kappa shape index (κ2) is 5.15. The van der Waals surface area contributed by atoms with Gasteiger partial charge in [0, 0.05) is 18.6 Å². The van der Waals surface area contributed by atoms with Crippen molar-refractivity contribution in [2.75, 3.05) is 13.1 Å². The summed E-state index contributed by atoms with van der Waals surface area (Å²) in [5.41, 5.74) is 5.67. The zero-order valence-electron chi connectivity index (χ0n) is 13.8. The fourth-order valence-electron chi connectivity index (χ4n) is 5.51. The molecule has 0 unspecified atom stereocenters. The number of carbonyl (C=O) groups excluding carboxylic acids is 1. The molecule has 0 atom stereocenters. The van der Waals surface area contributed by atoms with E-state index in [1.54, 1.807) is 0 Å². The second-order valence-corrected chi connectivity index (χ2v) is 8.39. The van der Waals surface area contributed by atoms with Gasteiger partial charge in [-0.25, -0.2) is 4.79 Å². The van der Waals surface area contributed by atoms with Gasteiger partial charge in [-0.2, -0.15) is 0 Å². The third-order valence-electron chi connectivity index (χ3n) is 6.20. The summed E-state index contributed by atoms with van der Waals surface area (Å²) >= 11 is 0. The van der Waals surface area contributed by atoms with Crippen molar-refractivity contribution >= 4 is 6.03 Å². The summed E-state index contributed by atoms with van der Waals surface area (Å²) in [5, 5.41) is 3.45. The van der Waals surface area contributed by atoms with E-state index in [2.05, 4.69) is 19.2 Å². The van der Waals surface area contributed by atoms with Crippen LogP contribution in [-0.2, 0) is 0 Å². The number of likely N-dealkylation sites (N-methyl/N-ethyl adjacent to an activating group) is 1. The van der Waals surface area contributed by atoms with Crippen molar-refractivity contribution in [1.82, 2.24) is 10.2 Å². The molecule has 4 rings (SSSR count). The molecule has 4 aliphatic rings. The average Bonchev–Trinajstić information content (AvgIpc) is 2.36. The van der Waals surface area contributed by atoms with Crippen molar-refractivity contribution in [1.29, 1.82) is 0 Å². The Morgan fingerprint density at radius 1 is 1.19 bits per heavy atom. The Bertz CT molecular complexity index is 383. The van der Waals surface area contributed by atoms with Crippen LogP contribution in [0.3, 0.4) is 0 Å². The minimum absolute atomic E-state index is 0.0872. The van der Waals surface area contributed by atoms with E-state index in [1.807, 2.05) is 11.8 Å². The Hall–Kier alpha value is -0.770. The molecule has 2 amide bonds. The summed E-state index contributed by atoms with van der Waals surface area (Å²) in [5.74, 6) is 2.57. The van der Waals surface area contributed by atoms with Crippen LogP contribution in [0.4, 0.5) is 4.79 Å². The highest BCUT2D eigenvalue weighted by molar-refractivity contribution is 5.76.